The molecule has 2 unspecified atom stereocenters. The van der Waals surface area contributed by atoms with Gasteiger partial charge in [0.2, 0.25) is 11.8 Å². The Morgan fingerprint density at radius 2 is 2.10 bits per heavy atom. The number of hydrogen-bond donors (Lipinski definition) is 3. The molecule has 0 spiro atoms. The molecular formula is C11H10ClFN2O5S. The first-order chi connectivity index (χ1) is 9.70. The lowest BCUT2D eigenvalue weighted by atomic mass is 10.1. The van der Waals surface area contributed by atoms with Gasteiger partial charge in [0.15, 0.2) is 0 Å². The SMILES string of the molecule is O=C1NCC(O)C1C(=O)NS(=O)(=O)c1cc(F)cc(Cl)c1. The molecule has 1 aliphatic heterocycles. The van der Waals surface area contributed by atoms with Crippen molar-refractivity contribution in [2.75, 3.05) is 6.54 Å². The smallest absolute Gasteiger partial charge is 0.264 e. The fourth-order valence-electron chi connectivity index (χ4n) is 1.84. The summed E-state index contributed by atoms with van der Waals surface area (Å²) < 4.78 is 38.7. The Hall–Kier alpha value is -1.71. The number of hydrogen-bond acceptors (Lipinski definition) is 5. The molecule has 2 amide bonds. The van der Waals surface area contributed by atoms with Crippen molar-refractivity contribution in [3.8, 4) is 0 Å². The third-order valence-electron chi connectivity index (χ3n) is 2.82. The first-order valence-corrected chi connectivity index (χ1v) is 7.55. The Balaban J connectivity index is 2.25. The Labute approximate surface area is 124 Å². The van der Waals surface area contributed by atoms with Gasteiger partial charge in [0.1, 0.15) is 11.7 Å². The van der Waals surface area contributed by atoms with Crippen molar-refractivity contribution in [1.29, 1.82) is 0 Å². The van der Waals surface area contributed by atoms with E-state index < -0.39 is 44.6 Å². The van der Waals surface area contributed by atoms with Crippen LogP contribution in [0, 0.1) is 11.7 Å². The van der Waals surface area contributed by atoms with Gasteiger partial charge in [-0.2, -0.15) is 0 Å². The van der Waals surface area contributed by atoms with Crippen LogP contribution in [0.3, 0.4) is 0 Å². The van der Waals surface area contributed by atoms with Gasteiger partial charge in [-0.1, -0.05) is 11.6 Å². The summed E-state index contributed by atoms with van der Waals surface area (Å²) in [5, 5.41) is 11.5. The van der Waals surface area contributed by atoms with E-state index in [-0.39, 0.29) is 11.6 Å². The number of rotatable bonds is 3. The van der Waals surface area contributed by atoms with Gasteiger partial charge in [-0.25, -0.2) is 17.5 Å². The van der Waals surface area contributed by atoms with E-state index in [2.05, 4.69) is 5.32 Å². The van der Waals surface area contributed by atoms with Gasteiger partial charge >= 0.3 is 0 Å². The Bertz CT molecular complexity index is 688. The number of β-amino-alcohol motifs (C(OH)–C–C–N with tert-alkyl or cyclic N) is 1. The van der Waals surface area contributed by atoms with Gasteiger partial charge in [-0.3, -0.25) is 9.59 Å². The molecule has 0 saturated carbocycles. The van der Waals surface area contributed by atoms with E-state index in [9.17, 15) is 27.5 Å². The van der Waals surface area contributed by atoms with E-state index in [1.807, 2.05) is 0 Å². The third-order valence-corrected chi connectivity index (χ3v) is 4.36. The molecule has 1 heterocycles. The van der Waals surface area contributed by atoms with E-state index in [0.29, 0.717) is 6.07 Å². The third kappa shape index (κ3) is 3.31. The van der Waals surface area contributed by atoms with Crippen molar-refractivity contribution in [2.24, 2.45) is 5.92 Å². The average Bonchev–Trinajstić information content (AvgIpc) is 2.67. The lowest BCUT2D eigenvalue weighted by Crippen LogP contribution is -2.42. The number of amides is 2. The van der Waals surface area contributed by atoms with E-state index in [4.69, 9.17) is 11.6 Å². The molecule has 21 heavy (non-hydrogen) atoms. The van der Waals surface area contributed by atoms with Gasteiger partial charge in [-0.05, 0) is 18.2 Å². The lowest BCUT2D eigenvalue weighted by molar-refractivity contribution is -0.134. The molecule has 1 aromatic carbocycles. The number of aliphatic hydroxyl groups excluding tert-OH is 1. The first-order valence-electron chi connectivity index (χ1n) is 5.69. The summed E-state index contributed by atoms with van der Waals surface area (Å²) in [7, 11) is -4.40. The van der Waals surface area contributed by atoms with Gasteiger partial charge < -0.3 is 10.4 Å². The number of benzene rings is 1. The highest BCUT2D eigenvalue weighted by Gasteiger charge is 2.40. The van der Waals surface area contributed by atoms with E-state index in [0.717, 1.165) is 12.1 Å². The summed E-state index contributed by atoms with van der Waals surface area (Å²) in [5.41, 5.74) is 0. The molecule has 3 N–H and O–H groups in total. The second-order valence-corrected chi connectivity index (χ2v) is 6.48. The Morgan fingerprint density at radius 1 is 1.43 bits per heavy atom. The van der Waals surface area contributed by atoms with Crippen molar-refractivity contribution >= 4 is 33.4 Å². The maximum Gasteiger partial charge on any atom is 0.264 e. The monoisotopic (exact) mass is 336 g/mol. The van der Waals surface area contributed by atoms with Crippen molar-refractivity contribution in [2.45, 2.75) is 11.0 Å². The van der Waals surface area contributed by atoms with Crippen molar-refractivity contribution in [1.82, 2.24) is 10.0 Å². The summed E-state index contributed by atoms with van der Waals surface area (Å²) >= 11 is 5.54. The highest BCUT2D eigenvalue weighted by Crippen LogP contribution is 2.19. The summed E-state index contributed by atoms with van der Waals surface area (Å²) in [6, 6.07) is 2.52. The highest BCUT2D eigenvalue weighted by atomic mass is 35.5. The standard InChI is InChI=1S/C11H10ClFN2O5S/c12-5-1-6(13)3-7(2-5)21(19,20)15-11(18)9-8(16)4-14-10(9)17/h1-3,8-9,16H,4H2,(H,14,17)(H,15,18). The minimum absolute atomic E-state index is 0.150. The molecule has 1 fully saturated rings. The van der Waals surface area contributed by atoms with Crippen molar-refractivity contribution in [3.63, 3.8) is 0 Å². The maximum atomic E-state index is 13.2. The fraction of sp³-hybridized carbons (Fsp3) is 0.273. The molecule has 7 nitrogen and oxygen atoms in total. The molecule has 0 radical (unpaired) electrons. The predicted molar refractivity (Wildman–Crippen MR) is 69.2 cm³/mol. The quantitative estimate of drug-likeness (QED) is 0.637. The second-order valence-electron chi connectivity index (χ2n) is 4.37. The van der Waals surface area contributed by atoms with Crippen LogP contribution >= 0.6 is 11.6 Å². The molecule has 0 bridgehead atoms. The minimum atomic E-state index is -4.40. The summed E-state index contributed by atoms with van der Waals surface area (Å²) in [4.78, 5) is 22.6. The number of carbonyl (C=O) groups excluding carboxylic acids is 2. The number of nitrogens with one attached hydrogen (secondary N) is 2. The van der Waals surface area contributed by atoms with Gasteiger partial charge in [0.05, 0.1) is 11.0 Å². The van der Waals surface area contributed by atoms with Crippen LogP contribution < -0.4 is 10.0 Å². The highest BCUT2D eigenvalue weighted by molar-refractivity contribution is 7.90. The molecule has 1 aliphatic rings. The Morgan fingerprint density at radius 3 is 2.62 bits per heavy atom. The number of aliphatic hydroxyl groups is 1. The van der Waals surface area contributed by atoms with E-state index in [1.165, 1.54) is 0 Å². The Kier molecular flexibility index (Phi) is 4.17. The molecule has 0 aromatic heterocycles. The molecule has 1 saturated heterocycles. The molecule has 2 atom stereocenters. The zero-order valence-corrected chi connectivity index (χ0v) is 11.9. The number of halogens is 2. The van der Waals surface area contributed by atoms with E-state index in [1.54, 1.807) is 4.72 Å². The van der Waals surface area contributed by atoms with Crippen LogP contribution in [0.5, 0.6) is 0 Å². The molecule has 0 aliphatic carbocycles. The molecule has 10 heteroatoms. The number of carbonyl (C=O) groups is 2. The predicted octanol–water partition coefficient (Wildman–Crippen LogP) is -0.609. The lowest BCUT2D eigenvalue weighted by Gasteiger charge is -2.12. The van der Waals surface area contributed by atoms with Gasteiger partial charge in [0.25, 0.3) is 10.0 Å². The first kappa shape index (κ1) is 15.7. The van der Waals surface area contributed by atoms with Gasteiger partial charge in [-0.15, -0.1) is 0 Å². The van der Waals surface area contributed by atoms with Crippen LogP contribution in [-0.2, 0) is 19.6 Å². The summed E-state index contributed by atoms with van der Waals surface area (Å²) in [6.07, 6.45) is -1.33. The zero-order chi connectivity index (χ0) is 15.8. The van der Waals surface area contributed by atoms with Crippen molar-refractivity contribution in [3.05, 3.63) is 29.0 Å². The van der Waals surface area contributed by atoms with E-state index >= 15 is 0 Å². The normalized spacial score (nSPS) is 22.0. The molecule has 2 rings (SSSR count). The zero-order valence-electron chi connectivity index (χ0n) is 10.3. The topological polar surface area (TPSA) is 113 Å². The number of sulfonamides is 1. The van der Waals surface area contributed by atoms with Crippen LogP contribution in [0.4, 0.5) is 4.39 Å². The minimum Gasteiger partial charge on any atom is -0.390 e. The van der Waals surface area contributed by atoms with Gasteiger partial charge in [0, 0.05) is 11.6 Å². The fourth-order valence-corrected chi connectivity index (χ4v) is 3.19. The molecular weight excluding hydrogens is 327 g/mol. The average molecular weight is 337 g/mol. The van der Waals surface area contributed by atoms with Crippen LogP contribution in [-0.4, -0.2) is 38.0 Å². The largest absolute Gasteiger partial charge is 0.390 e. The van der Waals surface area contributed by atoms with Crippen LogP contribution in [0.25, 0.3) is 0 Å². The second kappa shape index (κ2) is 5.58. The summed E-state index contributed by atoms with van der Waals surface area (Å²) in [5.74, 6) is -4.41. The van der Waals surface area contributed by atoms with Crippen LogP contribution in [0.2, 0.25) is 5.02 Å². The van der Waals surface area contributed by atoms with Crippen LogP contribution in [0.1, 0.15) is 0 Å². The van der Waals surface area contributed by atoms with Crippen LogP contribution in [0.15, 0.2) is 23.1 Å². The molecule has 1 aromatic rings. The molecule has 114 valence electrons. The summed E-state index contributed by atoms with van der Waals surface area (Å²) in [6.45, 7) is -0.150. The maximum absolute atomic E-state index is 13.2. The van der Waals surface area contributed by atoms with Crippen molar-refractivity contribution < 1.29 is 27.5 Å².